The summed E-state index contributed by atoms with van der Waals surface area (Å²) in [6.45, 7) is 7.73. The molecule has 0 spiro atoms. The molecule has 3 heteroatoms. The van der Waals surface area contributed by atoms with Crippen LogP contribution in [0, 0.1) is 11.8 Å². The average molecular weight is 378 g/mol. The zero-order valence-electron chi connectivity index (χ0n) is 18.2. The standard InChI is InChI=1S/C24H43NO2/c1-4-5-6-7-10-13-16-21(2)22(3)17-14-11-8-9-12-15-20-25-23(26)18-19-24(25)27/h18-19,21-22H,4-17,20H2,1-3H3. The Morgan fingerprint density at radius 3 is 1.56 bits per heavy atom. The van der Waals surface area contributed by atoms with Crippen LogP contribution in [0.3, 0.4) is 0 Å². The van der Waals surface area contributed by atoms with Crippen molar-refractivity contribution >= 4 is 11.8 Å². The van der Waals surface area contributed by atoms with Crippen LogP contribution >= 0.6 is 0 Å². The first-order valence-corrected chi connectivity index (χ1v) is 11.6. The first kappa shape index (κ1) is 23.9. The van der Waals surface area contributed by atoms with Gasteiger partial charge in [0.15, 0.2) is 0 Å². The van der Waals surface area contributed by atoms with Crippen LogP contribution < -0.4 is 0 Å². The van der Waals surface area contributed by atoms with Crippen LogP contribution in [-0.2, 0) is 9.59 Å². The molecule has 1 aliphatic heterocycles. The third kappa shape index (κ3) is 10.7. The number of nitrogens with zero attached hydrogens (tertiary/aromatic N) is 1. The van der Waals surface area contributed by atoms with Crippen LogP contribution in [0.5, 0.6) is 0 Å². The molecule has 27 heavy (non-hydrogen) atoms. The number of carbonyl (C=O) groups is 2. The summed E-state index contributed by atoms with van der Waals surface area (Å²) in [7, 11) is 0. The molecule has 1 rings (SSSR count). The molecule has 0 saturated heterocycles. The van der Waals surface area contributed by atoms with Crippen LogP contribution in [0.1, 0.15) is 111 Å². The quantitative estimate of drug-likeness (QED) is 0.210. The monoisotopic (exact) mass is 377 g/mol. The summed E-state index contributed by atoms with van der Waals surface area (Å²) >= 11 is 0. The van der Waals surface area contributed by atoms with Gasteiger partial charge in [-0.05, 0) is 18.3 Å². The molecule has 0 N–H and O–H groups in total. The highest BCUT2D eigenvalue weighted by atomic mass is 16.2. The summed E-state index contributed by atoms with van der Waals surface area (Å²) in [6, 6.07) is 0. The van der Waals surface area contributed by atoms with Crippen LogP contribution in [0.4, 0.5) is 0 Å². The van der Waals surface area contributed by atoms with Gasteiger partial charge in [-0.1, -0.05) is 104 Å². The lowest BCUT2D eigenvalue weighted by Crippen LogP contribution is -2.30. The number of rotatable bonds is 17. The summed E-state index contributed by atoms with van der Waals surface area (Å²) in [5, 5.41) is 0. The van der Waals surface area contributed by atoms with Crippen molar-refractivity contribution in [2.45, 2.75) is 111 Å². The Morgan fingerprint density at radius 2 is 1.07 bits per heavy atom. The van der Waals surface area contributed by atoms with Gasteiger partial charge >= 0.3 is 0 Å². The van der Waals surface area contributed by atoms with Gasteiger partial charge < -0.3 is 0 Å². The lowest BCUT2D eigenvalue weighted by Gasteiger charge is -2.20. The maximum Gasteiger partial charge on any atom is 0.253 e. The van der Waals surface area contributed by atoms with Crippen molar-refractivity contribution < 1.29 is 9.59 Å². The molecule has 0 aromatic heterocycles. The molecule has 1 heterocycles. The third-order valence-corrected chi connectivity index (χ3v) is 6.18. The van der Waals surface area contributed by atoms with E-state index in [-0.39, 0.29) is 11.8 Å². The van der Waals surface area contributed by atoms with Crippen molar-refractivity contribution in [2.24, 2.45) is 11.8 Å². The molecule has 1 aliphatic rings. The van der Waals surface area contributed by atoms with E-state index in [0.29, 0.717) is 6.54 Å². The molecule has 2 unspecified atom stereocenters. The normalized spacial score (nSPS) is 16.3. The van der Waals surface area contributed by atoms with E-state index in [2.05, 4.69) is 20.8 Å². The second-order valence-electron chi connectivity index (χ2n) is 8.58. The van der Waals surface area contributed by atoms with E-state index >= 15 is 0 Å². The smallest absolute Gasteiger partial charge is 0.253 e. The molecule has 0 aromatic carbocycles. The Morgan fingerprint density at radius 1 is 0.667 bits per heavy atom. The summed E-state index contributed by atoms with van der Waals surface area (Å²) in [5.41, 5.74) is 0. The van der Waals surface area contributed by atoms with Crippen molar-refractivity contribution in [3.63, 3.8) is 0 Å². The minimum absolute atomic E-state index is 0.149. The highest BCUT2D eigenvalue weighted by molar-refractivity contribution is 6.12. The zero-order chi connectivity index (χ0) is 19.9. The Hall–Kier alpha value is -1.12. The molecule has 2 atom stereocenters. The second-order valence-corrected chi connectivity index (χ2v) is 8.58. The Bertz CT molecular complexity index is 426. The predicted molar refractivity (Wildman–Crippen MR) is 115 cm³/mol. The summed E-state index contributed by atoms with van der Waals surface area (Å²) in [5.74, 6) is 1.41. The molecule has 0 aliphatic carbocycles. The predicted octanol–water partition coefficient (Wildman–Crippen LogP) is 6.66. The largest absolute Gasteiger partial charge is 0.275 e. The molecular weight excluding hydrogens is 334 g/mol. The van der Waals surface area contributed by atoms with Gasteiger partial charge in [0.05, 0.1) is 0 Å². The molecule has 0 saturated carbocycles. The summed E-state index contributed by atoms with van der Waals surface area (Å²) in [6.07, 6.45) is 21.1. The number of carbonyl (C=O) groups excluding carboxylic acids is 2. The molecule has 3 nitrogen and oxygen atoms in total. The van der Waals surface area contributed by atoms with Gasteiger partial charge in [0, 0.05) is 18.7 Å². The number of hydrogen-bond donors (Lipinski definition) is 0. The Kier molecular flexibility index (Phi) is 13.2. The minimum atomic E-state index is -0.149. The fourth-order valence-corrected chi connectivity index (χ4v) is 3.91. The third-order valence-electron chi connectivity index (χ3n) is 6.18. The molecule has 2 amide bonds. The highest BCUT2D eigenvalue weighted by Crippen LogP contribution is 2.24. The summed E-state index contributed by atoms with van der Waals surface area (Å²) < 4.78 is 0. The number of unbranched alkanes of at least 4 members (excludes halogenated alkanes) is 10. The molecule has 0 radical (unpaired) electrons. The molecule has 156 valence electrons. The van der Waals surface area contributed by atoms with Crippen molar-refractivity contribution in [3.05, 3.63) is 12.2 Å². The van der Waals surface area contributed by atoms with Gasteiger partial charge in [0.25, 0.3) is 11.8 Å². The van der Waals surface area contributed by atoms with E-state index < -0.39 is 0 Å². The van der Waals surface area contributed by atoms with Crippen LogP contribution in [0.25, 0.3) is 0 Å². The average Bonchev–Trinajstić information content (AvgIpc) is 2.98. The SMILES string of the molecule is CCCCCCCCC(C)C(C)CCCCCCCCN1C(=O)C=CC1=O. The van der Waals surface area contributed by atoms with Crippen molar-refractivity contribution in [1.29, 1.82) is 0 Å². The van der Waals surface area contributed by atoms with E-state index in [1.165, 1.54) is 94.1 Å². The molecule has 0 aromatic rings. The van der Waals surface area contributed by atoms with Gasteiger partial charge in [-0.3, -0.25) is 14.5 Å². The van der Waals surface area contributed by atoms with Gasteiger partial charge in [0.2, 0.25) is 0 Å². The lowest BCUT2D eigenvalue weighted by molar-refractivity contribution is -0.136. The van der Waals surface area contributed by atoms with E-state index in [9.17, 15) is 9.59 Å². The van der Waals surface area contributed by atoms with Crippen LogP contribution in [0.15, 0.2) is 12.2 Å². The number of imide groups is 1. The maximum atomic E-state index is 11.5. The second kappa shape index (κ2) is 14.9. The molecular formula is C24H43NO2. The Labute approximate surface area is 168 Å². The highest BCUT2D eigenvalue weighted by Gasteiger charge is 2.22. The fourth-order valence-electron chi connectivity index (χ4n) is 3.91. The first-order chi connectivity index (χ1) is 13.1. The summed E-state index contributed by atoms with van der Waals surface area (Å²) in [4.78, 5) is 24.3. The Balaban J connectivity index is 1.90. The van der Waals surface area contributed by atoms with E-state index in [1.54, 1.807) is 0 Å². The van der Waals surface area contributed by atoms with Crippen LogP contribution in [0.2, 0.25) is 0 Å². The fraction of sp³-hybridized carbons (Fsp3) is 0.833. The van der Waals surface area contributed by atoms with Gasteiger partial charge in [-0.15, -0.1) is 0 Å². The van der Waals surface area contributed by atoms with Crippen LogP contribution in [-0.4, -0.2) is 23.3 Å². The van der Waals surface area contributed by atoms with E-state index in [1.807, 2.05) is 0 Å². The zero-order valence-corrected chi connectivity index (χ0v) is 18.2. The first-order valence-electron chi connectivity index (χ1n) is 11.6. The van der Waals surface area contributed by atoms with Gasteiger partial charge in [0.1, 0.15) is 0 Å². The lowest BCUT2D eigenvalue weighted by atomic mass is 9.86. The van der Waals surface area contributed by atoms with Crippen molar-refractivity contribution in [1.82, 2.24) is 4.90 Å². The van der Waals surface area contributed by atoms with E-state index in [0.717, 1.165) is 24.7 Å². The number of hydrogen-bond acceptors (Lipinski definition) is 2. The van der Waals surface area contributed by atoms with Crippen molar-refractivity contribution in [3.8, 4) is 0 Å². The molecule has 0 fully saturated rings. The number of amides is 2. The van der Waals surface area contributed by atoms with Gasteiger partial charge in [-0.2, -0.15) is 0 Å². The van der Waals surface area contributed by atoms with E-state index in [4.69, 9.17) is 0 Å². The maximum absolute atomic E-state index is 11.5. The molecule has 0 bridgehead atoms. The van der Waals surface area contributed by atoms with Gasteiger partial charge in [-0.25, -0.2) is 0 Å². The minimum Gasteiger partial charge on any atom is -0.275 e. The topological polar surface area (TPSA) is 37.4 Å². The van der Waals surface area contributed by atoms with Crippen molar-refractivity contribution in [2.75, 3.05) is 6.54 Å².